The molecule has 1 fully saturated rings. The lowest BCUT2D eigenvalue weighted by Crippen LogP contribution is -2.41. The highest BCUT2D eigenvalue weighted by Crippen LogP contribution is 2.19. The minimum Gasteiger partial charge on any atom is -0.467 e. The van der Waals surface area contributed by atoms with Gasteiger partial charge in [-0.15, -0.1) is 0 Å². The molecule has 0 spiro atoms. The van der Waals surface area contributed by atoms with Crippen LogP contribution in [-0.4, -0.2) is 55.0 Å². The molecule has 1 unspecified atom stereocenters. The molecule has 0 aromatic carbocycles. The number of aliphatic hydroxyl groups excluding tert-OH is 1. The van der Waals surface area contributed by atoms with Crippen LogP contribution in [-0.2, 0) is 14.3 Å². The molecule has 6 heteroatoms. The highest BCUT2D eigenvalue weighted by molar-refractivity contribution is 5.81. The molecule has 1 rings (SSSR count). The van der Waals surface area contributed by atoms with Gasteiger partial charge in [-0.2, -0.15) is 0 Å². The Labute approximate surface area is 87.8 Å². The summed E-state index contributed by atoms with van der Waals surface area (Å²) < 4.78 is 9.31. The molecule has 0 bridgehead atoms. The third-order valence-corrected chi connectivity index (χ3v) is 2.28. The summed E-state index contributed by atoms with van der Waals surface area (Å²) in [6.45, 7) is 0.218. The van der Waals surface area contributed by atoms with E-state index in [2.05, 4.69) is 4.74 Å². The molecule has 1 amide bonds. The smallest absolute Gasteiger partial charge is 0.410 e. The van der Waals surface area contributed by atoms with Gasteiger partial charge in [-0.25, -0.2) is 9.59 Å². The van der Waals surface area contributed by atoms with Crippen molar-refractivity contribution in [2.24, 2.45) is 0 Å². The second kappa shape index (κ2) is 5.55. The fourth-order valence-corrected chi connectivity index (χ4v) is 1.58. The van der Waals surface area contributed by atoms with Crippen LogP contribution < -0.4 is 0 Å². The number of hydrogen-bond donors (Lipinski definition) is 1. The topological polar surface area (TPSA) is 76.1 Å². The summed E-state index contributed by atoms with van der Waals surface area (Å²) in [5.41, 5.74) is 0. The molecule has 1 heterocycles. The molecule has 1 aliphatic rings. The average molecular weight is 217 g/mol. The standard InChI is InChI=1S/C9H15NO5/c1-14-8(12)7-3-2-4-10(7)9(13)15-6-5-11/h7,11H,2-6H2,1H3. The number of amides is 1. The van der Waals surface area contributed by atoms with Crippen LogP contribution in [0.2, 0.25) is 0 Å². The van der Waals surface area contributed by atoms with E-state index in [1.165, 1.54) is 12.0 Å². The largest absolute Gasteiger partial charge is 0.467 e. The highest BCUT2D eigenvalue weighted by Gasteiger charge is 2.35. The second-order valence-electron chi connectivity index (χ2n) is 3.21. The molecule has 86 valence electrons. The van der Waals surface area contributed by atoms with E-state index in [9.17, 15) is 9.59 Å². The summed E-state index contributed by atoms with van der Waals surface area (Å²) in [6.07, 6.45) is 0.784. The van der Waals surface area contributed by atoms with E-state index in [0.717, 1.165) is 6.42 Å². The Morgan fingerprint density at radius 1 is 1.53 bits per heavy atom. The fourth-order valence-electron chi connectivity index (χ4n) is 1.58. The van der Waals surface area contributed by atoms with E-state index >= 15 is 0 Å². The third-order valence-electron chi connectivity index (χ3n) is 2.28. The van der Waals surface area contributed by atoms with Crippen LogP contribution in [0.25, 0.3) is 0 Å². The van der Waals surface area contributed by atoms with Crippen LogP contribution in [0, 0.1) is 0 Å². The lowest BCUT2D eigenvalue weighted by molar-refractivity contribution is -0.145. The van der Waals surface area contributed by atoms with E-state index in [1.54, 1.807) is 0 Å². The summed E-state index contributed by atoms with van der Waals surface area (Å²) in [6, 6.07) is -0.541. The molecule has 1 N–H and O–H groups in total. The number of aliphatic hydroxyl groups is 1. The Balaban J connectivity index is 2.52. The second-order valence-corrected chi connectivity index (χ2v) is 3.21. The van der Waals surface area contributed by atoms with Gasteiger partial charge in [0, 0.05) is 6.54 Å². The number of likely N-dealkylation sites (tertiary alicyclic amines) is 1. The van der Waals surface area contributed by atoms with Crippen molar-refractivity contribution in [3.63, 3.8) is 0 Å². The SMILES string of the molecule is COC(=O)C1CCCN1C(=O)OCCO. The number of methoxy groups -OCH3 is 1. The van der Waals surface area contributed by atoms with Gasteiger partial charge in [0.25, 0.3) is 0 Å². The van der Waals surface area contributed by atoms with Crippen LogP contribution in [0.4, 0.5) is 4.79 Å². The van der Waals surface area contributed by atoms with Gasteiger partial charge in [0.1, 0.15) is 12.6 Å². The first-order chi connectivity index (χ1) is 7.20. The predicted octanol–water partition coefficient (Wildman–Crippen LogP) is -0.247. The molecule has 1 atom stereocenters. The minimum atomic E-state index is -0.572. The van der Waals surface area contributed by atoms with E-state index in [4.69, 9.17) is 9.84 Å². The maximum absolute atomic E-state index is 11.4. The van der Waals surface area contributed by atoms with Crippen LogP contribution >= 0.6 is 0 Å². The van der Waals surface area contributed by atoms with Crippen molar-refractivity contribution >= 4 is 12.1 Å². The number of rotatable bonds is 3. The molecule has 0 aromatic heterocycles. The van der Waals surface area contributed by atoms with Gasteiger partial charge in [0.15, 0.2) is 0 Å². The van der Waals surface area contributed by atoms with Crippen LogP contribution in [0.15, 0.2) is 0 Å². The third kappa shape index (κ3) is 2.82. The van der Waals surface area contributed by atoms with Gasteiger partial charge in [-0.05, 0) is 12.8 Å². The molecule has 0 aromatic rings. The van der Waals surface area contributed by atoms with Crippen molar-refractivity contribution in [3.8, 4) is 0 Å². The number of carbonyl (C=O) groups is 2. The Morgan fingerprint density at radius 3 is 2.87 bits per heavy atom. The van der Waals surface area contributed by atoms with Crippen molar-refractivity contribution in [2.75, 3.05) is 26.9 Å². The Morgan fingerprint density at radius 2 is 2.27 bits per heavy atom. The molecule has 0 saturated carbocycles. The minimum absolute atomic E-state index is 0.0524. The lowest BCUT2D eigenvalue weighted by atomic mass is 10.2. The first-order valence-corrected chi connectivity index (χ1v) is 4.82. The van der Waals surface area contributed by atoms with Crippen molar-refractivity contribution < 1.29 is 24.2 Å². The van der Waals surface area contributed by atoms with Crippen molar-refractivity contribution in [2.45, 2.75) is 18.9 Å². The van der Waals surface area contributed by atoms with Gasteiger partial charge in [0.2, 0.25) is 0 Å². The van der Waals surface area contributed by atoms with Crippen molar-refractivity contribution in [3.05, 3.63) is 0 Å². The molecule has 6 nitrogen and oxygen atoms in total. The molecular weight excluding hydrogens is 202 g/mol. The maximum Gasteiger partial charge on any atom is 0.410 e. The first kappa shape index (κ1) is 11.8. The van der Waals surface area contributed by atoms with Gasteiger partial charge in [-0.3, -0.25) is 4.90 Å². The van der Waals surface area contributed by atoms with Gasteiger partial charge in [0.05, 0.1) is 13.7 Å². The molecule has 0 aliphatic carbocycles. The van der Waals surface area contributed by atoms with Crippen LogP contribution in [0.5, 0.6) is 0 Å². The van der Waals surface area contributed by atoms with Gasteiger partial charge in [-0.1, -0.05) is 0 Å². The Kier molecular flexibility index (Phi) is 4.36. The average Bonchev–Trinajstić information content (AvgIpc) is 2.73. The number of nitrogens with zero attached hydrogens (tertiary/aromatic N) is 1. The van der Waals surface area contributed by atoms with Crippen molar-refractivity contribution in [1.82, 2.24) is 4.90 Å². The number of esters is 1. The Hall–Kier alpha value is -1.30. The van der Waals surface area contributed by atoms with Crippen molar-refractivity contribution in [1.29, 1.82) is 0 Å². The number of hydrogen-bond acceptors (Lipinski definition) is 5. The highest BCUT2D eigenvalue weighted by atomic mass is 16.6. The summed E-state index contributed by atoms with van der Waals surface area (Å²) in [4.78, 5) is 24.0. The van der Waals surface area contributed by atoms with Gasteiger partial charge < -0.3 is 14.6 Å². The summed E-state index contributed by atoms with van der Waals surface area (Å²) in [5.74, 6) is -0.423. The zero-order valence-corrected chi connectivity index (χ0v) is 8.64. The van der Waals surface area contributed by atoms with E-state index < -0.39 is 18.1 Å². The lowest BCUT2D eigenvalue weighted by Gasteiger charge is -2.21. The molecule has 0 radical (unpaired) electrons. The number of ether oxygens (including phenoxy) is 2. The zero-order chi connectivity index (χ0) is 11.3. The summed E-state index contributed by atoms with van der Waals surface area (Å²) in [5, 5.41) is 8.49. The van der Waals surface area contributed by atoms with Crippen LogP contribution in [0.1, 0.15) is 12.8 Å². The molecular formula is C9H15NO5. The maximum atomic E-state index is 11.4. The zero-order valence-electron chi connectivity index (χ0n) is 8.64. The fraction of sp³-hybridized carbons (Fsp3) is 0.778. The van der Waals surface area contributed by atoms with E-state index in [0.29, 0.717) is 13.0 Å². The van der Waals surface area contributed by atoms with Gasteiger partial charge >= 0.3 is 12.1 Å². The van der Waals surface area contributed by atoms with E-state index in [1.807, 2.05) is 0 Å². The first-order valence-electron chi connectivity index (χ1n) is 4.82. The number of carbonyl (C=O) groups excluding carboxylic acids is 2. The molecule has 15 heavy (non-hydrogen) atoms. The molecule has 1 saturated heterocycles. The van der Waals surface area contributed by atoms with E-state index in [-0.39, 0.29) is 13.2 Å². The summed E-state index contributed by atoms with van der Waals surface area (Å²) in [7, 11) is 1.29. The monoisotopic (exact) mass is 217 g/mol. The quantitative estimate of drug-likeness (QED) is 0.660. The molecule has 1 aliphatic heterocycles. The normalized spacial score (nSPS) is 20.1. The van der Waals surface area contributed by atoms with Crippen LogP contribution in [0.3, 0.4) is 0 Å². The summed E-state index contributed by atoms with van der Waals surface area (Å²) >= 11 is 0. The predicted molar refractivity (Wildman–Crippen MR) is 50.2 cm³/mol. The Bertz CT molecular complexity index is 243.